The first-order valence-electron chi connectivity index (χ1n) is 7.49. The molecule has 114 valence electrons. The lowest BCUT2D eigenvalue weighted by Crippen LogP contribution is -2.44. The number of urea groups is 1. The molecule has 1 aromatic heterocycles. The van der Waals surface area contributed by atoms with E-state index in [9.17, 15) is 9.59 Å². The summed E-state index contributed by atoms with van der Waals surface area (Å²) in [5, 5.41) is 9.96. The highest BCUT2D eigenvalue weighted by atomic mass is 32.1. The Morgan fingerprint density at radius 3 is 3.00 bits per heavy atom. The molecule has 2 N–H and O–H groups in total. The minimum absolute atomic E-state index is 0.0467. The predicted octanol–water partition coefficient (Wildman–Crippen LogP) is 1.91. The van der Waals surface area contributed by atoms with Gasteiger partial charge in [-0.25, -0.2) is 4.79 Å². The lowest BCUT2D eigenvalue weighted by atomic mass is 10.1. The summed E-state index contributed by atoms with van der Waals surface area (Å²) in [4.78, 5) is 25.7. The average Bonchev–Trinajstić information content (AvgIpc) is 3.01. The number of hydrogen-bond donors (Lipinski definition) is 2. The largest absolute Gasteiger partial charge is 0.338 e. The van der Waals surface area contributed by atoms with Crippen LogP contribution < -0.4 is 10.6 Å². The third-order valence-electron chi connectivity index (χ3n) is 4.16. The van der Waals surface area contributed by atoms with E-state index in [1.807, 2.05) is 10.3 Å². The topological polar surface area (TPSA) is 61.4 Å². The van der Waals surface area contributed by atoms with E-state index in [1.54, 1.807) is 11.3 Å². The molecule has 0 spiro atoms. The Hall–Kier alpha value is -1.56. The predicted molar refractivity (Wildman–Crippen MR) is 82.4 cm³/mol. The highest BCUT2D eigenvalue weighted by Gasteiger charge is 2.39. The van der Waals surface area contributed by atoms with Crippen molar-refractivity contribution in [3.63, 3.8) is 0 Å². The molecule has 1 aliphatic heterocycles. The van der Waals surface area contributed by atoms with E-state index in [0.29, 0.717) is 31.5 Å². The van der Waals surface area contributed by atoms with Crippen molar-refractivity contribution in [1.82, 2.24) is 15.5 Å². The van der Waals surface area contributed by atoms with Gasteiger partial charge < -0.3 is 15.5 Å². The van der Waals surface area contributed by atoms with Crippen LogP contribution in [-0.4, -0.2) is 42.0 Å². The van der Waals surface area contributed by atoms with E-state index in [4.69, 9.17) is 0 Å². The molecule has 2 heterocycles. The molecule has 6 heteroatoms. The standard InChI is InChI=1S/C15H21N3O2S/c1-10(11-4-5-21-9-11)7-16-15(20)17-12-6-14(19)18(8-12)13-2-3-13/h4-5,9-10,12-13H,2-3,6-8H2,1H3,(H2,16,17,20)/t10-,12+/m1/s1. The van der Waals surface area contributed by atoms with Gasteiger partial charge in [-0.15, -0.1) is 0 Å². The average molecular weight is 307 g/mol. The van der Waals surface area contributed by atoms with Gasteiger partial charge in [0.05, 0.1) is 6.04 Å². The van der Waals surface area contributed by atoms with Crippen molar-refractivity contribution >= 4 is 23.3 Å². The van der Waals surface area contributed by atoms with Crippen molar-refractivity contribution in [2.24, 2.45) is 0 Å². The van der Waals surface area contributed by atoms with Gasteiger partial charge in [0.2, 0.25) is 5.91 Å². The molecule has 0 bridgehead atoms. The second-order valence-corrected chi connectivity index (χ2v) is 6.77. The first kappa shape index (κ1) is 14.4. The maximum absolute atomic E-state index is 11.9. The summed E-state index contributed by atoms with van der Waals surface area (Å²) in [5.41, 5.74) is 1.25. The summed E-state index contributed by atoms with van der Waals surface area (Å²) in [6.45, 7) is 3.36. The quantitative estimate of drug-likeness (QED) is 0.873. The molecule has 1 saturated heterocycles. The van der Waals surface area contributed by atoms with E-state index < -0.39 is 0 Å². The Labute approximate surface area is 128 Å². The third kappa shape index (κ3) is 3.56. The zero-order chi connectivity index (χ0) is 14.8. The lowest BCUT2D eigenvalue weighted by Gasteiger charge is -2.17. The lowest BCUT2D eigenvalue weighted by molar-refractivity contribution is -0.128. The van der Waals surface area contributed by atoms with Gasteiger partial charge in [0.15, 0.2) is 0 Å². The van der Waals surface area contributed by atoms with Crippen molar-refractivity contribution in [2.45, 2.75) is 44.2 Å². The molecule has 1 aromatic rings. The summed E-state index contributed by atoms with van der Waals surface area (Å²) in [7, 11) is 0. The zero-order valence-electron chi connectivity index (χ0n) is 12.2. The van der Waals surface area contributed by atoms with Gasteiger partial charge in [0, 0.05) is 25.6 Å². The van der Waals surface area contributed by atoms with Gasteiger partial charge in [0.1, 0.15) is 0 Å². The molecule has 5 nitrogen and oxygen atoms in total. The van der Waals surface area contributed by atoms with Crippen LogP contribution in [-0.2, 0) is 4.79 Å². The fraction of sp³-hybridized carbons (Fsp3) is 0.600. The Morgan fingerprint density at radius 1 is 1.52 bits per heavy atom. The minimum atomic E-state index is -0.174. The molecule has 3 rings (SSSR count). The minimum Gasteiger partial charge on any atom is -0.338 e. The molecule has 21 heavy (non-hydrogen) atoms. The number of carbonyl (C=O) groups is 2. The van der Waals surface area contributed by atoms with Crippen LogP contribution >= 0.6 is 11.3 Å². The summed E-state index contributed by atoms with van der Waals surface area (Å²) >= 11 is 1.67. The van der Waals surface area contributed by atoms with Crippen LogP contribution in [0.25, 0.3) is 0 Å². The summed E-state index contributed by atoms with van der Waals surface area (Å²) in [6, 6.07) is 2.30. The van der Waals surface area contributed by atoms with E-state index in [2.05, 4.69) is 29.0 Å². The number of carbonyl (C=O) groups excluding carboxylic acids is 2. The number of rotatable bonds is 5. The van der Waals surface area contributed by atoms with Crippen molar-refractivity contribution < 1.29 is 9.59 Å². The van der Waals surface area contributed by atoms with Crippen LogP contribution in [0.2, 0.25) is 0 Å². The van der Waals surface area contributed by atoms with Crippen LogP contribution in [0.15, 0.2) is 16.8 Å². The summed E-state index contributed by atoms with van der Waals surface area (Å²) < 4.78 is 0. The second-order valence-electron chi connectivity index (χ2n) is 5.99. The molecule has 0 radical (unpaired) electrons. The molecule has 0 unspecified atom stereocenters. The van der Waals surface area contributed by atoms with Crippen molar-refractivity contribution in [2.75, 3.05) is 13.1 Å². The SMILES string of the molecule is C[C@H](CNC(=O)N[C@H]1CC(=O)N(C2CC2)C1)c1ccsc1. The summed E-state index contributed by atoms with van der Waals surface area (Å²) in [6.07, 6.45) is 2.66. The number of nitrogens with one attached hydrogen (secondary N) is 2. The van der Waals surface area contributed by atoms with Crippen LogP contribution in [0.4, 0.5) is 4.79 Å². The Bertz CT molecular complexity index is 513. The fourth-order valence-corrected chi connectivity index (χ4v) is 3.51. The van der Waals surface area contributed by atoms with E-state index in [-0.39, 0.29) is 18.0 Å². The smallest absolute Gasteiger partial charge is 0.315 e. The van der Waals surface area contributed by atoms with E-state index in [1.165, 1.54) is 5.56 Å². The van der Waals surface area contributed by atoms with Crippen LogP contribution in [0.3, 0.4) is 0 Å². The Balaban J connectivity index is 1.41. The molecule has 0 aromatic carbocycles. The van der Waals surface area contributed by atoms with Gasteiger partial charge in [-0.05, 0) is 41.1 Å². The third-order valence-corrected chi connectivity index (χ3v) is 4.86. The normalized spacial score (nSPS) is 23.2. The van der Waals surface area contributed by atoms with Crippen molar-refractivity contribution in [1.29, 1.82) is 0 Å². The van der Waals surface area contributed by atoms with Gasteiger partial charge in [-0.3, -0.25) is 4.79 Å². The second kappa shape index (κ2) is 6.05. The monoisotopic (exact) mass is 307 g/mol. The van der Waals surface area contributed by atoms with Gasteiger partial charge in [-0.2, -0.15) is 11.3 Å². The van der Waals surface area contributed by atoms with Gasteiger partial charge in [-0.1, -0.05) is 6.92 Å². The first-order valence-corrected chi connectivity index (χ1v) is 8.43. The molecular formula is C15H21N3O2S. The maximum Gasteiger partial charge on any atom is 0.315 e. The highest BCUT2D eigenvalue weighted by Crippen LogP contribution is 2.30. The zero-order valence-corrected chi connectivity index (χ0v) is 13.0. The Kier molecular flexibility index (Phi) is 4.14. The molecule has 1 aliphatic carbocycles. The first-order chi connectivity index (χ1) is 10.1. The number of likely N-dealkylation sites (tertiary alicyclic amines) is 1. The molecule has 2 atom stereocenters. The van der Waals surface area contributed by atoms with Crippen molar-refractivity contribution in [3.8, 4) is 0 Å². The number of nitrogens with zero attached hydrogens (tertiary/aromatic N) is 1. The van der Waals surface area contributed by atoms with Crippen molar-refractivity contribution in [3.05, 3.63) is 22.4 Å². The van der Waals surface area contributed by atoms with Gasteiger partial charge >= 0.3 is 6.03 Å². The molecule has 2 fully saturated rings. The molecule has 2 aliphatic rings. The molecule has 3 amide bonds. The fourth-order valence-electron chi connectivity index (χ4n) is 2.72. The maximum atomic E-state index is 11.9. The summed E-state index contributed by atoms with van der Waals surface area (Å²) in [5.74, 6) is 0.476. The highest BCUT2D eigenvalue weighted by molar-refractivity contribution is 7.07. The Morgan fingerprint density at radius 2 is 2.33 bits per heavy atom. The number of amides is 3. The molecule has 1 saturated carbocycles. The number of hydrogen-bond acceptors (Lipinski definition) is 3. The number of thiophene rings is 1. The van der Waals surface area contributed by atoms with Crippen LogP contribution in [0.1, 0.15) is 37.7 Å². The molecular weight excluding hydrogens is 286 g/mol. The van der Waals surface area contributed by atoms with Gasteiger partial charge in [0.25, 0.3) is 0 Å². The van der Waals surface area contributed by atoms with Crippen LogP contribution in [0.5, 0.6) is 0 Å². The van der Waals surface area contributed by atoms with E-state index in [0.717, 1.165) is 12.8 Å². The van der Waals surface area contributed by atoms with E-state index >= 15 is 0 Å². The van der Waals surface area contributed by atoms with Crippen LogP contribution in [0, 0.1) is 0 Å².